The molecule has 1 heterocycles. The molecule has 2 rings (SSSR count). The van der Waals surface area contributed by atoms with Crippen molar-refractivity contribution in [1.82, 2.24) is 5.32 Å². The number of nitrogens with one attached hydrogen (secondary N) is 1. The first-order valence-electron chi connectivity index (χ1n) is 5.30. The molecule has 1 saturated heterocycles. The van der Waals surface area contributed by atoms with Crippen LogP contribution in [-0.4, -0.2) is 24.0 Å². The molecule has 1 atom stereocenters. The Morgan fingerprint density at radius 1 is 1.53 bits per heavy atom. The van der Waals surface area contributed by atoms with Crippen LogP contribution in [0.25, 0.3) is 0 Å². The third-order valence-corrected chi connectivity index (χ3v) is 2.89. The molecule has 1 unspecified atom stereocenters. The third kappa shape index (κ3) is 2.36. The molecule has 1 aromatic carbocycles. The molecule has 1 fully saturated rings. The van der Waals surface area contributed by atoms with Gasteiger partial charge in [-0.3, -0.25) is 4.79 Å². The van der Waals surface area contributed by atoms with E-state index in [1.165, 1.54) is 18.9 Å². The number of aromatic hydroxyl groups is 1. The Bertz CT molecular complexity index is 357. The summed E-state index contributed by atoms with van der Waals surface area (Å²) in [6, 6.07) is 5.47. The Labute approximate surface area is 89.1 Å². The highest BCUT2D eigenvalue weighted by molar-refractivity contribution is 5.78. The molecule has 2 N–H and O–H groups in total. The first-order valence-corrected chi connectivity index (χ1v) is 5.30. The first-order chi connectivity index (χ1) is 7.29. The van der Waals surface area contributed by atoms with Gasteiger partial charge in [0, 0.05) is 11.6 Å². The second-order valence-corrected chi connectivity index (χ2v) is 4.00. The van der Waals surface area contributed by atoms with Gasteiger partial charge in [0.2, 0.25) is 0 Å². The van der Waals surface area contributed by atoms with Gasteiger partial charge in [0.05, 0.1) is 0 Å². The second-order valence-electron chi connectivity index (χ2n) is 4.00. The molecule has 0 bridgehead atoms. The number of hydrogen-bond donors (Lipinski definition) is 2. The number of benzene rings is 1. The van der Waals surface area contributed by atoms with Gasteiger partial charge in [0.15, 0.2) is 0 Å². The minimum atomic E-state index is 0.153. The van der Waals surface area contributed by atoms with Gasteiger partial charge in [-0.2, -0.15) is 0 Å². The van der Waals surface area contributed by atoms with Crippen LogP contribution in [0.5, 0.6) is 5.75 Å². The lowest BCUT2D eigenvalue weighted by Crippen LogP contribution is -2.24. The summed E-state index contributed by atoms with van der Waals surface area (Å²) in [5.74, 6) is 0.153. The van der Waals surface area contributed by atoms with Crippen molar-refractivity contribution < 1.29 is 9.90 Å². The molecule has 0 saturated carbocycles. The zero-order valence-corrected chi connectivity index (χ0v) is 8.57. The predicted molar refractivity (Wildman–Crippen MR) is 58.2 cm³/mol. The first kappa shape index (κ1) is 10.2. The molecular weight excluding hydrogens is 190 g/mol. The summed E-state index contributed by atoms with van der Waals surface area (Å²) in [4.78, 5) is 10.8. The quantitative estimate of drug-likeness (QED) is 0.735. The van der Waals surface area contributed by atoms with Crippen LogP contribution in [-0.2, 0) is 6.42 Å². The average Bonchev–Trinajstić information content (AvgIpc) is 2.73. The van der Waals surface area contributed by atoms with Crippen LogP contribution in [0.15, 0.2) is 18.2 Å². The molecular formula is C12H15NO2. The molecule has 0 aliphatic carbocycles. The maximum atomic E-state index is 10.8. The number of rotatable bonds is 3. The topological polar surface area (TPSA) is 49.3 Å². The molecule has 1 aliphatic heterocycles. The Morgan fingerprint density at radius 2 is 2.40 bits per heavy atom. The van der Waals surface area contributed by atoms with Gasteiger partial charge in [-0.1, -0.05) is 6.07 Å². The van der Waals surface area contributed by atoms with Crippen LogP contribution in [0.1, 0.15) is 28.8 Å². The highest BCUT2D eigenvalue weighted by atomic mass is 16.3. The number of carbonyl (C=O) groups excluding carboxylic acids is 1. The minimum absolute atomic E-state index is 0.153. The summed E-state index contributed by atoms with van der Waals surface area (Å²) >= 11 is 0. The van der Waals surface area contributed by atoms with Gasteiger partial charge in [-0.15, -0.1) is 0 Å². The van der Waals surface area contributed by atoms with E-state index in [0.29, 0.717) is 11.6 Å². The molecule has 3 nitrogen and oxygen atoms in total. The van der Waals surface area contributed by atoms with Crippen molar-refractivity contribution in [3.8, 4) is 5.75 Å². The van der Waals surface area contributed by atoms with Gasteiger partial charge in [0.1, 0.15) is 12.0 Å². The summed E-state index contributed by atoms with van der Waals surface area (Å²) in [7, 11) is 0. The fraction of sp³-hybridized carbons (Fsp3) is 0.417. The molecule has 3 heteroatoms. The van der Waals surface area contributed by atoms with E-state index in [0.717, 1.165) is 24.8 Å². The van der Waals surface area contributed by atoms with Crippen molar-refractivity contribution in [2.75, 3.05) is 6.54 Å². The van der Waals surface area contributed by atoms with E-state index in [9.17, 15) is 9.90 Å². The van der Waals surface area contributed by atoms with E-state index in [2.05, 4.69) is 5.32 Å². The average molecular weight is 205 g/mol. The van der Waals surface area contributed by atoms with Crippen molar-refractivity contribution in [3.05, 3.63) is 29.3 Å². The molecule has 0 aromatic heterocycles. The van der Waals surface area contributed by atoms with Crippen LogP contribution >= 0.6 is 0 Å². The fourth-order valence-electron chi connectivity index (χ4n) is 2.07. The molecule has 0 amide bonds. The molecule has 15 heavy (non-hydrogen) atoms. The van der Waals surface area contributed by atoms with Crippen LogP contribution in [0.4, 0.5) is 0 Å². The lowest BCUT2D eigenvalue weighted by atomic mass is 10.00. The number of carbonyl (C=O) groups is 1. The molecule has 1 aromatic rings. The monoisotopic (exact) mass is 205 g/mol. The van der Waals surface area contributed by atoms with E-state index in [1.54, 1.807) is 6.07 Å². The predicted octanol–water partition coefficient (Wildman–Crippen LogP) is 1.50. The smallest absolute Gasteiger partial charge is 0.150 e. The van der Waals surface area contributed by atoms with Gasteiger partial charge in [0.25, 0.3) is 0 Å². The number of phenolic OH excluding ortho intramolecular Hbond substituents is 1. The Balaban J connectivity index is 2.15. The maximum Gasteiger partial charge on any atom is 0.150 e. The van der Waals surface area contributed by atoms with E-state index in [1.807, 2.05) is 6.07 Å². The zero-order chi connectivity index (χ0) is 10.7. The van der Waals surface area contributed by atoms with E-state index in [4.69, 9.17) is 0 Å². The largest absolute Gasteiger partial charge is 0.508 e. The van der Waals surface area contributed by atoms with Gasteiger partial charge >= 0.3 is 0 Å². The Hall–Kier alpha value is -1.35. The third-order valence-electron chi connectivity index (χ3n) is 2.89. The summed E-state index contributed by atoms with van der Waals surface area (Å²) < 4.78 is 0. The van der Waals surface area contributed by atoms with E-state index >= 15 is 0 Å². The lowest BCUT2D eigenvalue weighted by molar-refractivity contribution is 0.112. The van der Waals surface area contributed by atoms with Crippen molar-refractivity contribution in [1.29, 1.82) is 0 Å². The van der Waals surface area contributed by atoms with Crippen LogP contribution in [0.3, 0.4) is 0 Å². The Morgan fingerprint density at radius 3 is 3.07 bits per heavy atom. The Kier molecular flexibility index (Phi) is 3.02. The number of hydrogen-bond acceptors (Lipinski definition) is 3. The zero-order valence-electron chi connectivity index (χ0n) is 8.57. The molecule has 0 spiro atoms. The highest BCUT2D eigenvalue weighted by Crippen LogP contribution is 2.19. The summed E-state index contributed by atoms with van der Waals surface area (Å²) in [5, 5.41) is 12.6. The molecule has 0 radical (unpaired) electrons. The number of phenols is 1. The SMILES string of the molecule is O=Cc1cc(O)ccc1CC1CCCN1. The van der Waals surface area contributed by atoms with Crippen molar-refractivity contribution in [3.63, 3.8) is 0 Å². The van der Waals surface area contributed by atoms with E-state index in [-0.39, 0.29) is 5.75 Å². The van der Waals surface area contributed by atoms with Crippen LogP contribution in [0, 0.1) is 0 Å². The summed E-state index contributed by atoms with van der Waals surface area (Å²) in [6.45, 7) is 1.07. The van der Waals surface area contributed by atoms with Crippen molar-refractivity contribution in [2.45, 2.75) is 25.3 Å². The van der Waals surface area contributed by atoms with E-state index < -0.39 is 0 Å². The normalized spacial score (nSPS) is 20.4. The minimum Gasteiger partial charge on any atom is -0.508 e. The summed E-state index contributed by atoms with van der Waals surface area (Å²) in [5.41, 5.74) is 1.62. The number of aldehydes is 1. The summed E-state index contributed by atoms with van der Waals surface area (Å²) in [6.07, 6.45) is 4.05. The van der Waals surface area contributed by atoms with Gasteiger partial charge in [-0.05, 0) is 43.5 Å². The van der Waals surface area contributed by atoms with Gasteiger partial charge < -0.3 is 10.4 Å². The second kappa shape index (κ2) is 4.45. The van der Waals surface area contributed by atoms with Crippen LogP contribution in [0.2, 0.25) is 0 Å². The van der Waals surface area contributed by atoms with Crippen LogP contribution < -0.4 is 5.32 Å². The fourth-order valence-corrected chi connectivity index (χ4v) is 2.07. The van der Waals surface area contributed by atoms with Crippen molar-refractivity contribution in [2.24, 2.45) is 0 Å². The van der Waals surface area contributed by atoms with Gasteiger partial charge in [-0.25, -0.2) is 0 Å². The lowest BCUT2D eigenvalue weighted by Gasteiger charge is -2.11. The highest BCUT2D eigenvalue weighted by Gasteiger charge is 2.15. The van der Waals surface area contributed by atoms with Crippen molar-refractivity contribution >= 4 is 6.29 Å². The molecule has 80 valence electrons. The standard InChI is InChI=1S/C12H15NO2/c14-8-10-7-12(15)4-3-9(10)6-11-2-1-5-13-11/h3-4,7-8,11,13,15H,1-2,5-6H2. The maximum absolute atomic E-state index is 10.8. The molecule has 1 aliphatic rings.